The third-order valence-corrected chi connectivity index (χ3v) is 4.54. The molecule has 1 heterocycles. The standard InChI is InChI=1S/C21H24O3/c22-21(23)20-19(24-20)18-14-8-13-17(15-18)12-5-2-1-4-9-16-10-6-3-7-11-16/h3,6-8,10-11,13-15,19-20H,1-2,4-5,9,12H2,(H,22,23). The molecular weight excluding hydrogens is 300 g/mol. The number of carbonyl (C=O) groups is 1. The Morgan fingerprint density at radius 1 is 0.875 bits per heavy atom. The highest BCUT2D eigenvalue weighted by Crippen LogP contribution is 2.39. The number of unbranched alkanes of at least 4 members (excludes halogenated alkanes) is 3. The van der Waals surface area contributed by atoms with Crippen LogP contribution >= 0.6 is 0 Å². The first-order chi connectivity index (χ1) is 11.7. The number of carboxylic acids is 1. The minimum atomic E-state index is -0.871. The van der Waals surface area contributed by atoms with E-state index in [2.05, 4.69) is 42.5 Å². The molecule has 2 atom stereocenters. The van der Waals surface area contributed by atoms with Crippen LogP contribution in [0.5, 0.6) is 0 Å². The summed E-state index contributed by atoms with van der Waals surface area (Å²) in [5.41, 5.74) is 3.68. The van der Waals surface area contributed by atoms with Gasteiger partial charge in [-0.2, -0.15) is 0 Å². The first-order valence-corrected chi connectivity index (χ1v) is 8.75. The molecule has 0 amide bonds. The van der Waals surface area contributed by atoms with E-state index in [0.29, 0.717) is 0 Å². The normalized spacial score (nSPS) is 19.2. The maximum atomic E-state index is 10.9. The second-order valence-corrected chi connectivity index (χ2v) is 6.46. The van der Waals surface area contributed by atoms with Crippen molar-refractivity contribution in [1.82, 2.24) is 0 Å². The van der Waals surface area contributed by atoms with Crippen LogP contribution in [-0.4, -0.2) is 17.2 Å². The van der Waals surface area contributed by atoms with Crippen LogP contribution in [0, 0.1) is 0 Å². The van der Waals surface area contributed by atoms with Gasteiger partial charge in [0.1, 0.15) is 6.10 Å². The van der Waals surface area contributed by atoms with Gasteiger partial charge in [0.25, 0.3) is 0 Å². The van der Waals surface area contributed by atoms with Crippen LogP contribution in [0.4, 0.5) is 0 Å². The van der Waals surface area contributed by atoms with Gasteiger partial charge in [0.05, 0.1) is 0 Å². The monoisotopic (exact) mass is 324 g/mol. The predicted molar refractivity (Wildman–Crippen MR) is 94.0 cm³/mol. The number of benzene rings is 2. The molecule has 0 aliphatic carbocycles. The summed E-state index contributed by atoms with van der Waals surface area (Å²) in [5, 5.41) is 8.94. The van der Waals surface area contributed by atoms with Gasteiger partial charge in [0.15, 0.2) is 6.10 Å². The number of carboxylic acid groups (broad SMARTS) is 1. The third kappa shape index (κ3) is 4.68. The summed E-state index contributed by atoms with van der Waals surface area (Å²) in [6.07, 6.45) is 6.18. The molecule has 1 N–H and O–H groups in total. The maximum Gasteiger partial charge on any atom is 0.335 e. The van der Waals surface area contributed by atoms with Gasteiger partial charge in [-0.25, -0.2) is 4.79 Å². The lowest BCUT2D eigenvalue weighted by molar-refractivity contribution is -0.138. The fourth-order valence-electron chi connectivity index (χ4n) is 3.14. The van der Waals surface area contributed by atoms with Crippen LogP contribution < -0.4 is 0 Å². The summed E-state index contributed by atoms with van der Waals surface area (Å²) in [7, 11) is 0. The summed E-state index contributed by atoms with van der Waals surface area (Å²) < 4.78 is 5.22. The topological polar surface area (TPSA) is 49.8 Å². The van der Waals surface area contributed by atoms with Crippen molar-refractivity contribution >= 4 is 5.97 Å². The van der Waals surface area contributed by atoms with Crippen LogP contribution in [0.25, 0.3) is 0 Å². The van der Waals surface area contributed by atoms with E-state index in [-0.39, 0.29) is 6.10 Å². The molecule has 3 nitrogen and oxygen atoms in total. The van der Waals surface area contributed by atoms with Gasteiger partial charge >= 0.3 is 5.97 Å². The van der Waals surface area contributed by atoms with Crippen LogP contribution in [0.15, 0.2) is 54.6 Å². The Labute approximate surface area is 143 Å². The molecule has 0 bridgehead atoms. The van der Waals surface area contributed by atoms with Crippen LogP contribution in [0.2, 0.25) is 0 Å². The minimum absolute atomic E-state index is 0.256. The van der Waals surface area contributed by atoms with Crippen molar-refractivity contribution in [3.63, 3.8) is 0 Å². The van der Waals surface area contributed by atoms with Gasteiger partial charge in [-0.1, -0.05) is 67.4 Å². The molecule has 1 aliphatic heterocycles. The molecule has 24 heavy (non-hydrogen) atoms. The smallest absolute Gasteiger partial charge is 0.335 e. The van der Waals surface area contributed by atoms with Gasteiger partial charge in [0.2, 0.25) is 0 Å². The quantitative estimate of drug-likeness (QED) is 0.543. The summed E-state index contributed by atoms with van der Waals surface area (Å²) >= 11 is 0. The second kappa shape index (κ2) is 8.11. The SMILES string of the molecule is O=C(O)C1OC1c1cccc(CCCCCCc2ccccc2)c1. The average Bonchev–Trinajstić information content (AvgIpc) is 3.40. The highest BCUT2D eigenvalue weighted by Gasteiger charge is 2.46. The van der Waals surface area contributed by atoms with Crippen molar-refractivity contribution < 1.29 is 14.6 Å². The lowest BCUT2D eigenvalue weighted by Gasteiger charge is -2.05. The molecule has 1 aliphatic rings. The number of ether oxygens (including phenoxy) is 1. The van der Waals surface area contributed by atoms with E-state index in [1.165, 1.54) is 36.8 Å². The molecule has 3 heteroatoms. The van der Waals surface area contributed by atoms with Crippen molar-refractivity contribution in [3.8, 4) is 0 Å². The average molecular weight is 324 g/mol. The Morgan fingerprint density at radius 2 is 1.54 bits per heavy atom. The van der Waals surface area contributed by atoms with Gasteiger partial charge in [-0.15, -0.1) is 0 Å². The van der Waals surface area contributed by atoms with Crippen LogP contribution in [0.3, 0.4) is 0 Å². The number of aryl methyl sites for hydroxylation is 2. The van der Waals surface area contributed by atoms with E-state index in [0.717, 1.165) is 18.4 Å². The molecule has 1 saturated heterocycles. The fraction of sp³-hybridized carbons (Fsp3) is 0.381. The number of hydrogen-bond donors (Lipinski definition) is 1. The van der Waals surface area contributed by atoms with Crippen molar-refractivity contribution in [3.05, 3.63) is 71.3 Å². The van der Waals surface area contributed by atoms with E-state index in [4.69, 9.17) is 9.84 Å². The summed E-state index contributed by atoms with van der Waals surface area (Å²) in [6.45, 7) is 0. The Morgan fingerprint density at radius 3 is 2.21 bits per heavy atom. The summed E-state index contributed by atoms with van der Waals surface area (Å²) in [6, 6.07) is 18.8. The molecule has 3 rings (SSSR count). The molecule has 0 aromatic heterocycles. The lowest BCUT2D eigenvalue weighted by Crippen LogP contribution is -2.05. The zero-order valence-electron chi connectivity index (χ0n) is 13.9. The second-order valence-electron chi connectivity index (χ2n) is 6.46. The Bertz CT molecular complexity index is 666. The number of epoxide rings is 1. The van der Waals surface area contributed by atoms with E-state index in [9.17, 15) is 4.79 Å². The number of rotatable bonds is 9. The van der Waals surface area contributed by atoms with Crippen LogP contribution in [0.1, 0.15) is 48.5 Å². The molecule has 0 spiro atoms. The zero-order valence-corrected chi connectivity index (χ0v) is 13.9. The maximum absolute atomic E-state index is 10.9. The molecule has 1 fully saturated rings. The molecule has 2 aromatic rings. The Hall–Kier alpha value is -2.13. The van der Waals surface area contributed by atoms with E-state index < -0.39 is 12.1 Å². The Kier molecular flexibility index (Phi) is 5.65. The lowest BCUT2D eigenvalue weighted by atomic mass is 10.0. The number of aliphatic carboxylic acids is 1. The predicted octanol–water partition coefficient (Wildman–Crippen LogP) is 4.56. The van der Waals surface area contributed by atoms with E-state index in [1.54, 1.807) is 0 Å². The Balaban J connectivity index is 1.36. The molecule has 0 saturated carbocycles. The molecule has 2 unspecified atom stereocenters. The summed E-state index contributed by atoms with van der Waals surface area (Å²) in [4.78, 5) is 10.9. The van der Waals surface area contributed by atoms with Crippen molar-refractivity contribution in [1.29, 1.82) is 0 Å². The first kappa shape index (κ1) is 16.7. The fourth-order valence-corrected chi connectivity index (χ4v) is 3.14. The summed E-state index contributed by atoms with van der Waals surface area (Å²) in [5.74, 6) is -0.871. The van der Waals surface area contributed by atoms with Crippen molar-refractivity contribution in [2.24, 2.45) is 0 Å². The zero-order chi connectivity index (χ0) is 16.8. The minimum Gasteiger partial charge on any atom is -0.479 e. The van der Waals surface area contributed by atoms with Crippen LogP contribution in [-0.2, 0) is 22.4 Å². The van der Waals surface area contributed by atoms with Gasteiger partial charge in [-0.05, 0) is 42.4 Å². The van der Waals surface area contributed by atoms with E-state index in [1.807, 2.05) is 12.1 Å². The molecular formula is C21H24O3. The van der Waals surface area contributed by atoms with Gasteiger partial charge in [-0.3, -0.25) is 0 Å². The van der Waals surface area contributed by atoms with Gasteiger partial charge < -0.3 is 9.84 Å². The highest BCUT2D eigenvalue weighted by molar-refractivity contribution is 5.76. The van der Waals surface area contributed by atoms with E-state index >= 15 is 0 Å². The van der Waals surface area contributed by atoms with Gasteiger partial charge in [0, 0.05) is 0 Å². The molecule has 0 radical (unpaired) electrons. The molecule has 2 aromatic carbocycles. The van der Waals surface area contributed by atoms with Crippen molar-refractivity contribution in [2.75, 3.05) is 0 Å². The first-order valence-electron chi connectivity index (χ1n) is 8.75. The molecule has 126 valence electrons. The third-order valence-electron chi connectivity index (χ3n) is 4.54. The largest absolute Gasteiger partial charge is 0.479 e. The van der Waals surface area contributed by atoms with Crippen molar-refractivity contribution in [2.45, 2.75) is 50.7 Å². The number of hydrogen-bond acceptors (Lipinski definition) is 2. The highest BCUT2D eigenvalue weighted by atomic mass is 16.6.